The fraction of sp³-hybridized carbons (Fsp3) is 0.556. The zero-order valence-electron chi connectivity index (χ0n) is 13.6. The van der Waals surface area contributed by atoms with Gasteiger partial charge in [0.05, 0.1) is 11.2 Å². The standard InChI is InChI=1S/C18H25BO2/c1-17(2)18(3,4)21-19(20-17)16-12-10-15(11-13-16)14-8-6-5-7-9-14/h5-10,16H,11-13H2,1-4H3/t16-/m1/s1. The van der Waals surface area contributed by atoms with Crippen LogP contribution < -0.4 is 0 Å². The van der Waals surface area contributed by atoms with Gasteiger partial charge in [0.2, 0.25) is 0 Å². The van der Waals surface area contributed by atoms with Crippen molar-refractivity contribution in [3.63, 3.8) is 0 Å². The molecule has 2 aliphatic rings. The SMILES string of the molecule is CC1(C)OB([C@@H]2CC=C(c3ccccc3)CC2)OC1(C)C. The molecule has 0 unspecified atom stereocenters. The van der Waals surface area contributed by atoms with Crippen molar-refractivity contribution < 1.29 is 9.31 Å². The number of rotatable bonds is 2. The molecule has 0 amide bonds. The topological polar surface area (TPSA) is 18.5 Å². The summed E-state index contributed by atoms with van der Waals surface area (Å²) >= 11 is 0. The van der Waals surface area contributed by atoms with Gasteiger partial charge in [-0.05, 0) is 63.9 Å². The summed E-state index contributed by atoms with van der Waals surface area (Å²) in [7, 11) is -0.0661. The van der Waals surface area contributed by atoms with Crippen molar-refractivity contribution in [3.8, 4) is 0 Å². The minimum Gasteiger partial charge on any atom is -0.403 e. The Labute approximate surface area is 128 Å². The second-order valence-corrected chi connectivity index (χ2v) is 7.25. The van der Waals surface area contributed by atoms with Gasteiger partial charge in [-0.2, -0.15) is 0 Å². The molecule has 3 heteroatoms. The first kappa shape index (κ1) is 14.9. The molecule has 0 saturated carbocycles. The summed E-state index contributed by atoms with van der Waals surface area (Å²) in [6, 6.07) is 10.7. The van der Waals surface area contributed by atoms with Gasteiger partial charge < -0.3 is 9.31 Å². The first-order valence-corrected chi connectivity index (χ1v) is 7.99. The fourth-order valence-corrected chi connectivity index (χ4v) is 3.10. The molecular formula is C18H25BO2. The average Bonchev–Trinajstić information content (AvgIpc) is 2.69. The minimum absolute atomic E-state index is 0.0661. The zero-order valence-corrected chi connectivity index (χ0v) is 13.6. The lowest BCUT2D eigenvalue weighted by Gasteiger charge is -2.32. The van der Waals surface area contributed by atoms with Crippen LogP contribution in [-0.4, -0.2) is 18.3 Å². The van der Waals surface area contributed by atoms with E-state index in [9.17, 15) is 0 Å². The Hall–Kier alpha value is -1.06. The molecular weight excluding hydrogens is 259 g/mol. The van der Waals surface area contributed by atoms with Crippen molar-refractivity contribution in [1.29, 1.82) is 0 Å². The van der Waals surface area contributed by atoms with Crippen LogP contribution in [0.4, 0.5) is 0 Å². The molecule has 1 aromatic carbocycles. The van der Waals surface area contributed by atoms with Crippen LogP contribution in [0.15, 0.2) is 36.4 Å². The number of benzene rings is 1. The Bertz CT molecular complexity index is 517. The molecule has 0 radical (unpaired) electrons. The number of hydrogen-bond donors (Lipinski definition) is 0. The first-order chi connectivity index (χ1) is 9.89. The van der Waals surface area contributed by atoms with Crippen molar-refractivity contribution >= 4 is 12.7 Å². The van der Waals surface area contributed by atoms with E-state index in [1.54, 1.807) is 0 Å². The first-order valence-electron chi connectivity index (χ1n) is 7.99. The minimum atomic E-state index is -0.221. The highest BCUT2D eigenvalue weighted by Crippen LogP contribution is 2.44. The van der Waals surface area contributed by atoms with Crippen molar-refractivity contribution in [3.05, 3.63) is 42.0 Å². The second-order valence-electron chi connectivity index (χ2n) is 7.25. The van der Waals surface area contributed by atoms with Gasteiger partial charge in [0.25, 0.3) is 0 Å². The van der Waals surface area contributed by atoms with Crippen LogP contribution in [0, 0.1) is 0 Å². The summed E-state index contributed by atoms with van der Waals surface area (Å²) in [4.78, 5) is 0. The van der Waals surface area contributed by atoms with Gasteiger partial charge in [-0.1, -0.05) is 36.4 Å². The van der Waals surface area contributed by atoms with E-state index in [0.717, 1.165) is 19.3 Å². The van der Waals surface area contributed by atoms with E-state index in [0.29, 0.717) is 5.82 Å². The third kappa shape index (κ3) is 2.82. The predicted octanol–water partition coefficient (Wildman–Crippen LogP) is 4.72. The Morgan fingerprint density at radius 2 is 1.62 bits per heavy atom. The molecule has 0 N–H and O–H groups in total. The van der Waals surface area contributed by atoms with Crippen LogP contribution in [0.3, 0.4) is 0 Å². The van der Waals surface area contributed by atoms with Crippen molar-refractivity contribution in [2.45, 2.75) is 64.0 Å². The zero-order chi connectivity index (χ0) is 15.1. The smallest absolute Gasteiger partial charge is 0.403 e. The molecule has 1 aliphatic heterocycles. The lowest BCUT2D eigenvalue weighted by atomic mass is 9.65. The van der Waals surface area contributed by atoms with Gasteiger partial charge >= 0.3 is 7.12 Å². The highest BCUT2D eigenvalue weighted by atomic mass is 16.7. The molecule has 1 atom stereocenters. The van der Waals surface area contributed by atoms with Gasteiger partial charge in [0.15, 0.2) is 0 Å². The van der Waals surface area contributed by atoms with E-state index in [1.807, 2.05) is 0 Å². The molecule has 1 aliphatic carbocycles. The second kappa shape index (κ2) is 5.29. The predicted molar refractivity (Wildman–Crippen MR) is 88.1 cm³/mol. The van der Waals surface area contributed by atoms with Crippen molar-refractivity contribution in [2.24, 2.45) is 0 Å². The van der Waals surface area contributed by atoms with Crippen LogP contribution in [-0.2, 0) is 9.31 Å². The van der Waals surface area contributed by atoms with Gasteiger partial charge in [0.1, 0.15) is 0 Å². The number of hydrogen-bond acceptors (Lipinski definition) is 2. The molecule has 0 spiro atoms. The average molecular weight is 284 g/mol. The summed E-state index contributed by atoms with van der Waals surface area (Å²) in [6.45, 7) is 8.50. The van der Waals surface area contributed by atoms with Gasteiger partial charge in [0, 0.05) is 0 Å². The van der Waals surface area contributed by atoms with Crippen molar-refractivity contribution in [2.75, 3.05) is 0 Å². The highest BCUT2D eigenvalue weighted by molar-refractivity contribution is 6.47. The van der Waals surface area contributed by atoms with Crippen LogP contribution >= 0.6 is 0 Å². The van der Waals surface area contributed by atoms with E-state index < -0.39 is 0 Å². The molecule has 1 saturated heterocycles. The molecule has 1 aromatic rings. The molecule has 21 heavy (non-hydrogen) atoms. The van der Waals surface area contributed by atoms with Crippen LogP contribution in [0.2, 0.25) is 5.82 Å². The van der Waals surface area contributed by atoms with Crippen LogP contribution in [0.1, 0.15) is 52.5 Å². The summed E-state index contributed by atoms with van der Waals surface area (Å²) in [5.41, 5.74) is 2.37. The molecule has 2 nitrogen and oxygen atoms in total. The van der Waals surface area contributed by atoms with E-state index in [4.69, 9.17) is 9.31 Å². The van der Waals surface area contributed by atoms with Crippen molar-refractivity contribution in [1.82, 2.24) is 0 Å². The maximum absolute atomic E-state index is 6.19. The summed E-state index contributed by atoms with van der Waals surface area (Å²) in [5, 5.41) is 0. The lowest BCUT2D eigenvalue weighted by molar-refractivity contribution is 0.00578. The normalized spacial score (nSPS) is 27.5. The third-order valence-corrected chi connectivity index (χ3v) is 5.25. The monoisotopic (exact) mass is 284 g/mol. The van der Waals surface area contributed by atoms with E-state index in [2.05, 4.69) is 64.1 Å². The van der Waals surface area contributed by atoms with E-state index in [1.165, 1.54) is 11.1 Å². The summed E-state index contributed by atoms with van der Waals surface area (Å²) < 4.78 is 12.4. The maximum atomic E-state index is 6.19. The quantitative estimate of drug-likeness (QED) is 0.732. The Kier molecular flexibility index (Phi) is 3.75. The van der Waals surface area contributed by atoms with Gasteiger partial charge in [-0.15, -0.1) is 0 Å². The highest BCUT2D eigenvalue weighted by Gasteiger charge is 2.53. The molecule has 1 fully saturated rings. The number of allylic oxidation sites excluding steroid dienone is 2. The lowest BCUT2D eigenvalue weighted by Crippen LogP contribution is -2.41. The van der Waals surface area contributed by atoms with Gasteiger partial charge in [-0.3, -0.25) is 0 Å². The Morgan fingerprint density at radius 3 is 2.14 bits per heavy atom. The molecule has 0 bridgehead atoms. The largest absolute Gasteiger partial charge is 0.461 e. The van der Waals surface area contributed by atoms with Crippen LogP contribution in [0.25, 0.3) is 5.57 Å². The van der Waals surface area contributed by atoms with E-state index in [-0.39, 0.29) is 18.3 Å². The fourth-order valence-electron chi connectivity index (χ4n) is 3.10. The van der Waals surface area contributed by atoms with E-state index >= 15 is 0 Å². The van der Waals surface area contributed by atoms with Crippen LogP contribution in [0.5, 0.6) is 0 Å². The molecule has 112 valence electrons. The third-order valence-electron chi connectivity index (χ3n) is 5.25. The summed E-state index contributed by atoms with van der Waals surface area (Å²) in [6.07, 6.45) is 5.66. The summed E-state index contributed by atoms with van der Waals surface area (Å²) in [5.74, 6) is 0.471. The molecule has 1 heterocycles. The Balaban J connectivity index is 1.68. The maximum Gasteiger partial charge on any atom is 0.461 e. The molecule has 0 aromatic heterocycles. The Morgan fingerprint density at radius 1 is 1.00 bits per heavy atom. The molecule has 3 rings (SSSR count). The van der Waals surface area contributed by atoms with Gasteiger partial charge in [-0.25, -0.2) is 0 Å².